The van der Waals surface area contributed by atoms with Gasteiger partial charge in [0.15, 0.2) is 0 Å². The van der Waals surface area contributed by atoms with Gasteiger partial charge in [-0.3, -0.25) is 0 Å². The van der Waals surface area contributed by atoms with E-state index in [1.54, 1.807) is 28.7 Å². The molecule has 194 valence electrons. The van der Waals surface area contributed by atoms with Crippen LogP contribution in [0.1, 0.15) is 5.56 Å². The highest BCUT2D eigenvalue weighted by atomic mass is 32.1. The van der Waals surface area contributed by atoms with Crippen LogP contribution in [0, 0.1) is 0 Å². The van der Waals surface area contributed by atoms with Crippen molar-refractivity contribution in [2.24, 2.45) is 0 Å². The van der Waals surface area contributed by atoms with Crippen LogP contribution in [0.25, 0.3) is 71.0 Å². The number of fused-ring (bicyclic) bond motifs is 6. The lowest BCUT2D eigenvalue weighted by atomic mass is 10.0. The first kappa shape index (κ1) is 24.3. The van der Waals surface area contributed by atoms with Gasteiger partial charge in [0.25, 0.3) is 0 Å². The summed E-state index contributed by atoms with van der Waals surface area (Å²) < 4.78 is 47.5. The topological polar surface area (TPSA) is 0 Å². The minimum Gasteiger partial charge on any atom is -0.166 e. The van der Waals surface area contributed by atoms with Gasteiger partial charge in [-0.25, -0.2) is 0 Å². The van der Waals surface area contributed by atoms with Crippen molar-refractivity contribution in [2.75, 3.05) is 0 Å². The lowest BCUT2D eigenvalue weighted by Crippen LogP contribution is -2.04. The Hall–Kier alpha value is -3.49. The third-order valence-corrected chi connectivity index (χ3v) is 12.1. The Bertz CT molecular complexity index is 2190. The van der Waals surface area contributed by atoms with Crippen molar-refractivity contribution in [1.82, 2.24) is 0 Å². The van der Waals surface area contributed by atoms with Crippen LogP contribution in [-0.4, -0.2) is 0 Å². The Balaban J connectivity index is 1.13. The molecule has 0 aliphatic rings. The standard InChI is InChI=1S/C33H17F3S4/c34-33(35,36)22-8-4-6-19(14-22)18-5-3-7-20(13-18)26-16-29-30(37-26)17-27(38-29)21-11-12-24-28(15-21)40-31-23-9-1-2-10-25(23)39-32(24)31/h1-17H. The molecule has 40 heavy (non-hydrogen) atoms. The zero-order valence-corrected chi connectivity index (χ0v) is 23.8. The van der Waals surface area contributed by atoms with E-state index in [1.807, 2.05) is 46.9 Å². The van der Waals surface area contributed by atoms with Crippen molar-refractivity contribution in [3.8, 4) is 32.0 Å². The Kier molecular flexibility index (Phi) is 5.48. The maximum Gasteiger partial charge on any atom is 0.416 e. The fraction of sp³-hybridized carbons (Fsp3) is 0.0303. The fourth-order valence-corrected chi connectivity index (χ4v) is 10.3. The Labute approximate surface area is 243 Å². The maximum atomic E-state index is 13.2. The summed E-state index contributed by atoms with van der Waals surface area (Å²) in [6, 6.07) is 33.2. The largest absolute Gasteiger partial charge is 0.416 e. The van der Waals surface area contributed by atoms with Crippen LogP contribution in [-0.2, 0) is 6.18 Å². The predicted molar refractivity (Wildman–Crippen MR) is 169 cm³/mol. The molecule has 0 aliphatic carbocycles. The first-order valence-corrected chi connectivity index (χ1v) is 15.8. The van der Waals surface area contributed by atoms with Crippen LogP contribution in [0.2, 0.25) is 0 Å². The van der Waals surface area contributed by atoms with Crippen LogP contribution in [0.4, 0.5) is 13.2 Å². The minimum atomic E-state index is -4.36. The van der Waals surface area contributed by atoms with E-state index in [-0.39, 0.29) is 0 Å². The lowest BCUT2D eigenvalue weighted by molar-refractivity contribution is -0.137. The molecule has 4 aromatic heterocycles. The van der Waals surface area contributed by atoms with Crippen LogP contribution >= 0.6 is 45.3 Å². The predicted octanol–water partition coefficient (Wildman–Crippen LogP) is 12.6. The SMILES string of the molecule is FC(F)(F)c1cccc(-c2cccc(-c3cc4sc(-c5ccc6c(c5)sc5c7ccccc7sc65)cc4s3)c2)c1. The van der Waals surface area contributed by atoms with Crippen LogP contribution in [0.3, 0.4) is 0 Å². The van der Waals surface area contributed by atoms with Gasteiger partial charge in [-0.1, -0.05) is 60.7 Å². The lowest BCUT2D eigenvalue weighted by Gasteiger charge is -2.09. The van der Waals surface area contributed by atoms with Crippen LogP contribution in [0.5, 0.6) is 0 Å². The van der Waals surface area contributed by atoms with Gasteiger partial charge in [0.05, 0.1) is 15.0 Å². The highest BCUT2D eigenvalue weighted by molar-refractivity contribution is 7.36. The summed E-state index contributed by atoms with van der Waals surface area (Å²) in [6.45, 7) is 0. The number of halogens is 3. The Morgan fingerprint density at radius 3 is 1.77 bits per heavy atom. The first-order valence-electron chi connectivity index (χ1n) is 12.6. The monoisotopic (exact) mass is 598 g/mol. The summed E-state index contributed by atoms with van der Waals surface area (Å²) in [5.41, 5.74) is 2.95. The zero-order chi connectivity index (χ0) is 27.0. The first-order chi connectivity index (χ1) is 19.4. The van der Waals surface area contributed by atoms with Gasteiger partial charge in [0, 0.05) is 39.3 Å². The number of hydrogen-bond acceptors (Lipinski definition) is 4. The van der Waals surface area contributed by atoms with E-state index in [0.29, 0.717) is 5.56 Å². The smallest absolute Gasteiger partial charge is 0.166 e. The molecular formula is C33H17F3S4. The molecular weight excluding hydrogens is 582 g/mol. The van der Waals surface area contributed by atoms with Gasteiger partial charge in [0.2, 0.25) is 0 Å². The molecule has 0 nitrogen and oxygen atoms in total. The number of hydrogen-bond donors (Lipinski definition) is 0. The van der Waals surface area contributed by atoms with Crippen molar-refractivity contribution < 1.29 is 13.2 Å². The van der Waals surface area contributed by atoms with Crippen molar-refractivity contribution in [3.05, 3.63) is 109 Å². The summed E-state index contributed by atoms with van der Waals surface area (Å²) in [6.07, 6.45) is -4.36. The summed E-state index contributed by atoms with van der Waals surface area (Å²) in [5, 5.41) is 2.66. The van der Waals surface area contributed by atoms with Crippen molar-refractivity contribution in [1.29, 1.82) is 0 Å². The molecule has 0 N–H and O–H groups in total. The highest BCUT2D eigenvalue weighted by Crippen LogP contribution is 2.47. The molecule has 8 aromatic rings. The van der Waals surface area contributed by atoms with Gasteiger partial charge in [-0.2, -0.15) is 13.2 Å². The van der Waals surface area contributed by atoms with Crippen LogP contribution < -0.4 is 0 Å². The second-order valence-electron chi connectivity index (χ2n) is 9.68. The van der Waals surface area contributed by atoms with E-state index in [0.717, 1.165) is 22.1 Å². The van der Waals surface area contributed by atoms with E-state index in [9.17, 15) is 13.2 Å². The third kappa shape index (κ3) is 3.99. The molecule has 0 spiro atoms. The summed E-state index contributed by atoms with van der Waals surface area (Å²) in [4.78, 5) is 2.36. The van der Waals surface area contributed by atoms with Crippen LogP contribution in [0.15, 0.2) is 103 Å². The van der Waals surface area contributed by atoms with E-state index in [1.165, 1.54) is 61.5 Å². The molecule has 7 heteroatoms. The number of thiophene rings is 4. The summed E-state index contributed by atoms with van der Waals surface area (Å²) >= 11 is 7.25. The molecule has 8 rings (SSSR count). The molecule has 0 radical (unpaired) electrons. The zero-order valence-electron chi connectivity index (χ0n) is 20.6. The second kappa shape index (κ2) is 9.01. The molecule has 0 saturated carbocycles. The average Bonchev–Trinajstić information content (AvgIpc) is 3.71. The summed E-state index contributed by atoms with van der Waals surface area (Å²) in [7, 11) is 0. The Morgan fingerprint density at radius 1 is 0.425 bits per heavy atom. The van der Waals surface area contributed by atoms with E-state index in [2.05, 4.69) is 54.6 Å². The van der Waals surface area contributed by atoms with Crippen molar-refractivity contribution in [2.45, 2.75) is 6.18 Å². The number of benzene rings is 4. The molecule has 4 aromatic carbocycles. The average molecular weight is 599 g/mol. The van der Waals surface area contributed by atoms with Crippen molar-refractivity contribution in [3.63, 3.8) is 0 Å². The fourth-order valence-electron chi connectivity index (χ4n) is 5.21. The summed E-state index contributed by atoms with van der Waals surface area (Å²) in [5.74, 6) is 0. The van der Waals surface area contributed by atoms with E-state index < -0.39 is 11.7 Å². The van der Waals surface area contributed by atoms with Crippen molar-refractivity contribution >= 4 is 84.3 Å². The molecule has 0 atom stereocenters. The Morgan fingerprint density at radius 2 is 1.02 bits per heavy atom. The normalized spacial score (nSPS) is 12.4. The van der Waals surface area contributed by atoms with Gasteiger partial charge < -0.3 is 0 Å². The second-order valence-corrected chi connectivity index (χ2v) is 14.0. The molecule has 0 unspecified atom stereocenters. The van der Waals surface area contributed by atoms with E-state index in [4.69, 9.17) is 0 Å². The molecule has 4 heterocycles. The quantitative estimate of drug-likeness (QED) is 0.190. The molecule has 0 saturated heterocycles. The third-order valence-electron chi connectivity index (χ3n) is 7.15. The van der Waals surface area contributed by atoms with Gasteiger partial charge in [0.1, 0.15) is 0 Å². The van der Waals surface area contributed by atoms with Gasteiger partial charge in [-0.15, -0.1) is 45.3 Å². The van der Waals surface area contributed by atoms with E-state index >= 15 is 0 Å². The molecule has 0 fully saturated rings. The minimum absolute atomic E-state index is 0.564. The molecule has 0 amide bonds. The molecule has 0 aliphatic heterocycles. The van der Waals surface area contributed by atoms with Gasteiger partial charge >= 0.3 is 6.18 Å². The highest BCUT2D eigenvalue weighted by Gasteiger charge is 2.30. The number of rotatable bonds is 3. The van der Waals surface area contributed by atoms with Gasteiger partial charge in [-0.05, 0) is 64.7 Å². The molecule has 0 bridgehead atoms. The number of alkyl halides is 3. The maximum absolute atomic E-state index is 13.2.